The monoisotopic (exact) mass is 346 g/mol. The number of allylic oxidation sites excluding steroid dienone is 2. The van der Waals surface area contributed by atoms with Crippen LogP contribution in [0.15, 0.2) is 46.0 Å². The van der Waals surface area contributed by atoms with Crippen LogP contribution in [0.1, 0.15) is 31.2 Å². The van der Waals surface area contributed by atoms with Crippen LogP contribution >= 0.6 is 15.9 Å². The van der Waals surface area contributed by atoms with Crippen molar-refractivity contribution < 1.29 is 4.79 Å². The van der Waals surface area contributed by atoms with Gasteiger partial charge in [0.25, 0.3) is 0 Å². The van der Waals surface area contributed by atoms with E-state index >= 15 is 0 Å². The molecule has 1 saturated carbocycles. The number of carbonyl (C=O) groups is 1. The maximum absolute atomic E-state index is 12.2. The smallest absolute Gasteiger partial charge is 0.243 e. The minimum atomic E-state index is 0.0836. The van der Waals surface area contributed by atoms with Gasteiger partial charge in [-0.25, -0.2) is 5.43 Å². The summed E-state index contributed by atoms with van der Waals surface area (Å²) in [5.41, 5.74) is 3.68. The standard InChI is InChI=1S/C17H19BrN2O/c18-13-9-7-12(8-10-13)11-19-20-17(21)16-14-5-3-1-2-4-6-15(14)16/h1-2,7-11,14-16H,3-6H2,(H,20,21)/b2-1-,19-11-/t14-,15+,16?. The molecule has 0 saturated heterocycles. The lowest BCUT2D eigenvalue weighted by Crippen LogP contribution is -2.21. The van der Waals surface area contributed by atoms with Crippen LogP contribution in [0, 0.1) is 17.8 Å². The number of amides is 1. The van der Waals surface area contributed by atoms with E-state index in [1.807, 2.05) is 24.3 Å². The number of nitrogens with zero attached hydrogens (tertiary/aromatic N) is 1. The van der Waals surface area contributed by atoms with Crippen LogP contribution in [-0.4, -0.2) is 12.1 Å². The summed E-state index contributed by atoms with van der Waals surface area (Å²) in [7, 11) is 0. The first-order chi connectivity index (χ1) is 10.3. The summed E-state index contributed by atoms with van der Waals surface area (Å²) in [6.07, 6.45) is 10.7. The summed E-state index contributed by atoms with van der Waals surface area (Å²) < 4.78 is 1.03. The maximum Gasteiger partial charge on any atom is 0.243 e. The SMILES string of the molecule is O=C(N/N=C\c1ccc(Br)cc1)C1[C@H]2CC/C=C\CC[C@@H]12. The van der Waals surface area contributed by atoms with Gasteiger partial charge in [0.1, 0.15) is 0 Å². The summed E-state index contributed by atoms with van der Waals surface area (Å²) in [5.74, 6) is 1.39. The van der Waals surface area contributed by atoms with Gasteiger partial charge in [-0.05, 0) is 55.2 Å². The number of benzene rings is 1. The molecule has 0 heterocycles. The summed E-state index contributed by atoms with van der Waals surface area (Å²) in [5, 5.41) is 4.08. The number of halogens is 1. The van der Waals surface area contributed by atoms with Gasteiger partial charge in [0.2, 0.25) is 5.91 Å². The Morgan fingerprint density at radius 3 is 2.38 bits per heavy atom. The average molecular weight is 347 g/mol. The van der Waals surface area contributed by atoms with Crippen LogP contribution in [0.3, 0.4) is 0 Å². The van der Waals surface area contributed by atoms with Crippen molar-refractivity contribution in [3.63, 3.8) is 0 Å². The van der Waals surface area contributed by atoms with Crippen molar-refractivity contribution in [1.29, 1.82) is 0 Å². The van der Waals surface area contributed by atoms with E-state index in [1.165, 1.54) is 0 Å². The molecular weight excluding hydrogens is 328 g/mol. The fourth-order valence-corrected chi connectivity index (χ4v) is 3.49. The molecule has 1 fully saturated rings. The quantitative estimate of drug-likeness (QED) is 0.503. The van der Waals surface area contributed by atoms with Gasteiger partial charge in [-0.1, -0.05) is 40.2 Å². The fraction of sp³-hybridized carbons (Fsp3) is 0.412. The molecule has 0 spiro atoms. The number of fused-ring (bicyclic) bond motifs is 1. The molecule has 3 atom stereocenters. The third-order valence-electron chi connectivity index (χ3n) is 4.39. The van der Waals surface area contributed by atoms with E-state index in [1.54, 1.807) is 6.21 Å². The van der Waals surface area contributed by atoms with Crippen LogP contribution < -0.4 is 5.43 Å². The van der Waals surface area contributed by atoms with Gasteiger partial charge in [0.05, 0.1) is 6.21 Å². The zero-order chi connectivity index (χ0) is 14.7. The van der Waals surface area contributed by atoms with Gasteiger partial charge in [-0.3, -0.25) is 4.79 Å². The Kier molecular flexibility index (Phi) is 4.54. The molecule has 0 aliphatic heterocycles. The molecule has 3 nitrogen and oxygen atoms in total. The van der Waals surface area contributed by atoms with Gasteiger partial charge < -0.3 is 0 Å². The summed E-state index contributed by atoms with van der Waals surface area (Å²) in [6.45, 7) is 0. The molecule has 110 valence electrons. The number of hydrazone groups is 1. The molecule has 1 aromatic carbocycles. The lowest BCUT2D eigenvalue weighted by molar-refractivity contribution is -0.122. The van der Waals surface area contributed by atoms with Crippen molar-refractivity contribution in [1.82, 2.24) is 5.43 Å². The molecule has 4 heteroatoms. The van der Waals surface area contributed by atoms with Gasteiger partial charge >= 0.3 is 0 Å². The zero-order valence-electron chi connectivity index (χ0n) is 11.8. The highest BCUT2D eigenvalue weighted by Crippen LogP contribution is 2.52. The molecule has 2 aliphatic rings. The lowest BCUT2D eigenvalue weighted by atomic mass is 10.1. The second-order valence-corrected chi connectivity index (χ2v) is 6.68. The molecule has 0 radical (unpaired) electrons. The lowest BCUT2D eigenvalue weighted by Gasteiger charge is -1.99. The van der Waals surface area contributed by atoms with Crippen molar-refractivity contribution in [3.8, 4) is 0 Å². The van der Waals surface area contributed by atoms with E-state index in [9.17, 15) is 4.79 Å². The van der Waals surface area contributed by atoms with Crippen molar-refractivity contribution in [2.45, 2.75) is 25.7 Å². The number of hydrogen-bond acceptors (Lipinski definition) is 2. The Balaban J connectivity index is 1.52. The molecule has 21 heavy (non-hydrogen) atoms. The van der Waals surface area contributed by atoms with E-state index < -0.39 is 0 Å². The van der Waals surface area contributed by atoms with Crippen molar-refractivity contribution in [2.24, 2.45) is 22.9 Å². The Morgan fingerprint density at radius 2 is 1.76 bits per heavy atom. The highest BCUT2D eigenvalue weighted by molar-refractivity contribution is 9.10. The number of hydrogen-bond donors (Lipinski definition) is 1. The van der Waals surface area contributed by atoms with Crippen molar-refractivity contribution in [2.75, 3.05) is 0 Å². The predicted molar refractivity (Wildman–Crippen MR) is 88.0 cm³/mol. The molecule has 1 N–H and O–H groups in total. The summed E-state index contributed by atoms with van der Waals surface area (Å²) >= 11 is 3.39. The van der Waals surface area contributed by atoms with Crippen LogP contribution in [0.4, 0.5) is 0 Å². The van der Waals surface area contributed by atoms with Gasteiger partial charge in [-0.15, -0.1) is 0 Å². The average Bonchev–Trinajstić information content (AvgIpc) is 3.12. The second-order valence-electron chi connectivity index (χ2n) is 5.77. The first-order valence-electron chi connectivity index (χ1n) is 7.49. The molecule has 3 rings (SSSR count). The predicted octanol–water partition coefficient (Wildman–Crippen LogP) is 3.89. The van der Waals surface area contributed by atoms with Crippen LogP contribution in [0.2, 0.25) is 0 Å². The largest absolute Gasteiger partial charge is 0.273 e. The second kappa shape index (κ2) is 6.56. The molecular formula is C17H19BrN2O. The molecule has 1 amide bonds. The Labute approximate surface area is 133 Å². The Bertz CT molecular complexity index is 549. The number of carbonyl (C=O) groups excluding carboxylic acids is 1. The van der Waals surface area contributed by atoms with Gasteiger partial charge in [-0.2, -0.15) is 5.10 Å². The van der Waals surface area contributed by atoms with E-state index in [0.717, 1.165) is 35.7 Å². The van der Waals surface area contributed by atoms with Crippen LogP contribution in [0.25, 0.3) is 0 Å². The van der Waals surface area contributed by atoms with E-state index in [0.29, 0.717) is 11.8 Å². The van der Waals surface area contributed by atoms with E-state index in [2.05, 4.69) is 38.6 Å². The first-order valence-corrected chi connectivity index (χ1v) is 8.28. The molecule has 1 aromatic rings. The van der Waals surface area contributed by atoms with Crippen LogP contribution in [0.5, 0.6) is 0 Å². The zero-order valence-corrected chi connectivity index (χ0v) is 13.4. The topological polar surface area (TPSA) is 41.5 Å². The number of rotatable bonds is 3. The maximum atomic E-state index is 12.2. The summed E-state index contributed by atoms with van der Waals surface area (Å²) in [6, 6.07) is 7.82. The van der Waals surface area contributed by atoms with E-state index in [-0.39, 0.29) is 11.8 Å². The van der Waals surface area contributed by atoms with Crippen LogP contribution in [-0.2, 0) is 4.79 Å². The van der Waals surface area contributed by atoms with Crippen molar-refractivity contribution in [3.05, 3.63) is 46.5 Å². The normalized spacial score (nSPS) is 29.3. The molecule has 0 aromatic heterocycles. The van der Waals surface area contributed by atoms with E-state index in [4.69, 9.17) is 0 Å². The minimum absolute atomic E-state index is 0.0836. The van der Waals surface area contributed by atoms with Gasteiger partial charge in [0.15, 0.2) is 0 Å². The minimum Gasteiger partial charge on any atom is -0.273 e. The fourth-order valence-electron chi connectivity index (χ4n) is 3.23. The Hall–Kier alpha value is -1.42. The van der Waals surface area contributed by atoms with Crippen molar-refractivity contribution >= 4 is 28.1 Å². The molecule has 2 aliphatic carbocycles. The first kappa shape index (κ1) is 14.5. The third kappa shape index (κ3) is 3.62. The number of nitrogens with one attached hydrogen (secondary N) is 1. The van der Waals surface area contributed by atoms with Gasteiger partial charge in [0, 0.05) is 10.4 Å². The molecule has 0 bridgehead atoms. The highest BCUT2D eigenvalue weighted by atomic mass is 79.9. The Morgan fingerprint density at radius 1 is 1.14 bits per heavy atom. The third-order valence-corrected chi connectivity index (χ3v) is 4.92. The highest BCUT2D eigenvalue weighted by Gasteiger charge is 2.53. The molecule has 1 unspecified atom stereocenters. The summed E-state index contributed by atoms with van der Waals surface area (Å²) in [4.78, 5) is 12.2.